The van der Waals surface area contributed by atoms with Crippen molar-refractivity contribution in [1.82, 2.24) is 4.98 Å². The zero-order valence-electron chi connectivity index (χ0n) is 8.71. The van der Waals surface area contributed by atoms with Crippen molar-refractivity contribution in [3.63, 3.8) is 0 Å². The molecule has 1 aromatic carbocycles. The summed E-state index contributed by atoms with van der Waals surface area (Å²) >= 11 is 5.64. The van der Waals surface area contributed by atoms with E-state index in [9.17, 15) is 14.0 Å². The van der Waals surface area contributed by atoms with E-state index in [1.54, 1.807) is 0 Å². The van der Waals surface area contributed by atoms with Gasteiger partial charge < -0.3 is 9.72 Å². The van der Waals surface area contributed by atoms with Crippen LogP contribution in [0.4, 0.5) is 4.39 Å². The van der Waals surface area contributed by atoms with Gasteiger partial charge in [0.25, 0.3) is 5.56 Å². The zero-order chi connectivity index (χ0) is 12.6. The van der Waals surface area contributed by atoms with Crippen LogP contribution in [0.3, 0.4) is 0 Å². The van der Waals surface area contributed by atoms with E-state index in [0.717, 1.165) is 13.2 Å². The Morgan fingerprint density at radius 3 is 2.76 bits per heavy atom. The number of methoxy groups -OCH3 is 1. The lowest BCUT2D eigenvalue weighted by Crippen LogP contribution is -2.08. The number of esters is 1. The monoisotopic (exact) mass is 255 g/mol. The molecule has 0 spiro atoms. The standard InChI is InChI=1S/C11H7ClFNO3/c1-17-11(16)6-2-5-3-7(12)10(15)14-9(5)4-8(6)13/h2-4H,1H3,(H,14,15). The lowest BCUT2D eigenvalue weighted by Gasteiger charge is -2.04. The van der Waals surface area contributed by atoms with E-state index in [1.165, 1.54) is 12.1 Å². The van der Waals surface area contributed by atoms with E-state index in [1.807, 2.05) is 0 Å². The van der Waals surface area contributed by atoms with Crippen LogP contribution >= 0.6 is 11.6 Å². The number of aromatic nitrogens is 1. The molecule has 0 saturated carbocycles. The number of carbonyl (C=O) groups excluding carboxylic acids is 1. The second kappa shape index (κ2) is 4.18. The summed E-state index contributed by atoms with van der Waals surface area (Å²) in [5.41, 5.74) is -0.447. The average molecular weight is 256 g/mol. The number of ether oxygens (including phenoxy) is 1. The first-order valence-electron chi connectivity index (χ1n) is 4.63. The number of H-pyrrole nitrogens is 1. The Bertz CT molecular complexity index is 666. The SMILES string of the molecule is COC(=O)c1cc2cc(Cl)c(=O)[nH]c2cc1F. The highest BCUT2D eigenvalue weighted by Gasteiger charge is 2.14. The van der Waals surface area contributed by atoms with Crippen LogP contribution in [0.15, 0.2) is 23.0 Å². The molecule has 0 unspecified atom stereocenters. The Labute approximate surface area is 100.0 Å². The van der Waals surface area contributed by atoms with Gasteiger partial charge >= 0.3 is 5.97 Å². The van der Waals surface area contributed by atoms with Gasteiger partial charge in [-0.3, -0.25) is 4.79 Å². The Hall–Kier alpha value is -1.88. The molecule has 0 aliphatic heterocycles. The molecule has 4 nitrogen and oxygen atoms in total. The first kappa shape index (κ1) is 11.6. The van der Waals surface area contributed by atoms with Crippen molar-refractivity contribution in [3.05, 3.63) is 45.0 Å². The van der Waals surface area contributed by atoms with Crippen LogP contribution in [0, 0.1) is 5.82 Å². The quantitative estimate of drug-likeness (QED) is 0.794. The number of pyridine rings is 1. The number of benzene rings is 1. The predicted octanol–water partition coefficient (Wildman–Crippen LogP) is 2.11. The largest absolute Gasteiger partial charge is 0.465 e. The number of hydrogen-bond donors (Lipinski definition) is 1. The molecule has 88 valence electrons. The van der Waals surface area contributed by atoms with Gasteiger partial charge in [-0.1, -0.05) is 11.6 Å². The Kier molecular flexibility index (Phi) is 2.85. The van der Waals surface area contributed by atoms with E-state index < -0.39 is 17.3 Å². The van der Waals surface area contributed by atoms with Gasteiger partial charge in [-0.25, -0.2) is 9.18 Å². The predicted molar refractivity (Wildman–Crippen MR) is 60.9 cm³/mol. The van der Waals surface area contributed by atoms with Gasteiger partial charge in [-0.15, -0.1) is 0 Å². The average Bonchev–Trinajstić information content (AvgIpc) is 2.30. The van der Waals surface area contributed by atoms with Gasteiger partial charge in [0.05, 0.1) is 18.2 Å². The molecule has 0 radical (unpaired) electrons. The number of rotatable bonds is 1. The summed E-state index contributed by atoms with van der Waals surface area (Å²) in [5.74, 6) is -1.55. The van der Waals surface area contributed by atoms with E-state index in [-0.39, 0.29) is 16.1 Å². The van der Waals surface area contributed by atoms with Crippen LogP contribution in [0.2, 0.25) is 5.02 Å². The molecule has 0 saturated heterocycles. The molecule has 0 aliphatic carbocycles. The van der Waals surface area contributed by atoms with Crippen LogP contribution in [0.1, 0.15) is 10.4 Å². The van der Waals surface area contributed by atoms with E-state index >= 15 is 0 Å². The maximum absolute atomic E-state index is 13.5. The molecule has 0 fully saturated rings. The van der Waals surface area contributed by atoms with Crippen molar-refractivity contribution >= 4 is 28.5 Å². The van der Waals surface area contributed by atoms with Crippen LogP contribution < -0.4 is 5.56 Å². The van der Waals surface area contributed by atoms with Crippen molar-refractivity contribution in [2.75, 3.05) is 7.11 Å². The summed E-state index contributed by atoms with van der Waals surface area (Å²) in [7, 11) is 1.16. The van der Waals surface area contributed by atoms with Crippen molar-refractivity contribution < 1.29 is 13.9 Å². The maximum Gasteiger partial charge on any atom is 0.340 e. The minimum absolute atomic E-state index is 0.0278. The fourth-order valence-corrected chi connectivity index (χ4v) is 1.63. The van der Waals surface area contributed by atoms with Crippen LogP contribution in [-0.4, -0.2) is 18.1 Å². The number of aromatic amines is 1. The normalized spacial score (nSPS) is 10.5. The fourth-order valence-electron chi connectivity index (χ4n) is 1.47. The van der Waals surface area contributed by atoms with Crippen molar-refractivity contribution in [2.24, 2.45) is 0 Å². The van der Waals surface area contributed by atoms with E-state index in [0.29, 0.717) is 5.39 Å². The number of carbonyl (C=O) groups is 1. The molecular weight excluding hydrogens is 249 g/mol. The van der Waals surface area contributed by atoms with E-state index in [2.05, 4.69) is 9.72 Å². The van der Waals surface area contributed by atoms with E-state index in [4.69, 9.17) is 11.6 Å². The summed E-state index contributed by atoms with van der Waals surface area (Å²) in [6, 6.07) is 3.69. The number of hydrogen-bond acceptors (Lipinski definition) is 3. The summed E-state index contributed by atoms with van der Waals surface area (Å²) in [4.78, 5) is 24.9. The first-order chi connectivity index (χ1) is 8.02. The molecule has 1 heterocycles. The lowest BCUT2D eigenvalue weighted by atomic mass is 10.1. The highest BCUT2D eigenvalue weighted by atomic mass is 35.5. The van der Waals surface area contributed by atoms with Crippen LogP contribution in [-0.2, 0) is 4.74 Å². The molecule has 6 heteroatoms. The van der Waals surface area contributed by atoms with Crippen molar-refractivity contribution in [2.45, 2.75) is 0 Å². The summed E-state index contributed by atoms with van der Waals surface area (Å²) in [6.07, 6.45) is 0. The van der Waals surface area contributed by atoms with Crippen molar-refractivity contribution in [1.29, 1.82) is 0 Å². The Morgan fingerprint density at radius 1 is 1.41 bits per heavy atom. The highest BCUT2D eigenvalue weighted by Crippen LogP contribution is 2.19. The van der Waals surface area contributed by atoms with Gasteiger partial charge in [0.15, 0.2) is 0 Å². The smallest absolute Gasteiger partial charge is 0.340 e. The molecule has 0 atom stereocenters. The number of halogens is 2. The van der Waals surface area contributed by atoms with Crippen molar-refractivity contribution in [3.8, 4) is 0 Å². The van der Waals surface area contributed by atoms with Crippen LogP contribution in [0.5, 0.6) is 0 Å². The Balaban J connectivity index is 2.76. The van der Waals surface area contributed by atoms with Gasteiger partial charge in [0, 0.05) is 5.39 Å². The summed E-state index contributed by atoms with van der Waals surface area (Å²) < 4.78 is 18.0. The van der Waals surface area contributed by atoms with Gasteiger partial charge in [-0.05, 0) is 18.2 Å². The second-order valence-electron chi connectivity index (χ2n) is 3.36. The summed E-state index contributed by atoms with van der Waals surface area (Å²) in [6.45, 7) is 0. The molecule has 1 N–H and O–H groups in total. The highest BCUT2D eigenvalue weighted by molar-refractivity contribution is 6.31. The lowest BCUT2D eigenvalue weighted by molar-refractivity contribution is 0.0596. The van der Waals surface area contributed by atoms with Gasteiger partial charge in [0.1, 0.15) is 10.8 Å². The number of nitrogens with one attached hydrogen (secondary N) is 1. The fraction of sp³-hybridized carbons (Fsp3) is 0.0909. The molecule has 2 rings (SSSR count). The topological polar surface area (TPSA) is 59.2 Å². The molecule has 0 amide bonds. The molecule has 17 heavy (non-hydrogen) atoms. The molecular formula is C11H7ClFNO3. The third-order valence-electron chi connectivity index (χ3n) is 2.29. The molecule has 0 bridgehead atoms. The Morgan fingerprint density at radius 2 is 2.12 bits per heavy atom. The van der Waals surface area contributed by atoms with Gasteiger partial charge in [-0.2, -0.15) is 0 Å². The van der Waals surface area contributed by atoms with Crippen LogP contribution in [0.25, 0.3) is 10.9 Å². The third-order valence-corrected chi connectivity index (χ3v) is 2.57. The number of fused-ring (bicyclic) bond motifs is 1. The minimum Gasteiger partial charge on any atom is -0.465 e. The molecule has 2 aromatic rings. The van der Waals surface area contributed by atoms with Gasteiger partial charge in [0.2, 0.25) is 0 Å². The molecule has 1 aromatic heterocycles. The second-order valence-corrected chi connectivity index (χ2v) is 3.76. The minimum atomic E-state index is -0.785. The first-order valence-corrected chi connectivity index (χ1v) is 5.01. The molecule has 0 aliphatic rings. The zero-order valence-corrected chi connectivity index (χ0v) is 9.47. The summed E-state index contributed by atoms with van der Waals surface area (Å²) in [5, 5.41) is 0.427. The third kappa shape index (κ3) is 2.01. The maximum atomic E-state index is 13.5.